The first-order valence-electron chi connectivity index (χ1n) is 9.65. The summed E-state index contributed by atoms with van der Waals surface area (Å²) >= 11 is 1.47. The first-order valence-corrected chi connectivity index (χ1v) is 10.8. The summed E-state index contributed by atoms with van der Waals surface area (Å²) in [7, 11) is 0. The van der Waals surface area contributed by atoms with Gasteiger partial charge in [0.15, 0.2) is 0 Å². The van der Waals surface area contributed by atoms with E-state index in [0.29, 0.717) is 18.1 Å². The zero-order valence-electron chi connectivity index (χ0n) is 15.7. The minimum Gasteiger partial charge on any atom is -0.465 e. The summed E-state index contributed by atoms with van der Waals surface area (Å²) in [6, 6.07) is 0. The highest BCUT2D eigenvalue weighted by Gasteiger charge is 2.15. The fourth-order valence-corrected chi connectivity index (χ4v) is 3.41. The molecular formula is C19H38O4S. The Bertz CT molecular complexity index is 287. The first-order chi connectivity index (χ1) is 11.6. The van der Waals surface area contributed by atoms with Crippen LogP contribution in [0.5, 0.6) is 0 Å². The lowest BCUT2D eigenvalue weighted by atomic mass is 10.1. The number of rotatable bonds is 17. The number of aliphatic hydroxyl groups excluding tert-OH is 2. The van der Waals surface area contributed by atoms with Crippen molar-refractivity contribution < 1.29 is 19.7 Å². The molecule has 0 aromatic rings. The van der Waals surface area contributed by atoms with Crippen molar-refractivity contribution in [2.75, 3.05) is 24.7 Å². The molecule has 0 amide bonds. The summed E-state index contributed by atoms with van der Waals surface area (Å²) in [6.45, 7) is 4.38. The number of carbonyl (C=O) groups excluding carboxylic acids is 1. The SMILES string of the molecule is CCCCCCCCCCCCOC(=O)C(C)CSCC(O)CO. The highest BCUT2D eigenvalue weighted by atomic mass is 32.2. The van der Waals surface area contributed by atoms with Gasteiger partial charge in [0, 0.05) is 11.5 Å². The summed E-state index contributed by atoms with van der Waals surface area (Å²) in [4.78, 5) is 11.8. The van der Waals surface area contributed by atoms with Crippen molar-refractivity contribution >= 4 is 17.7 Å². The van der Waals surface area contributed by atoms with Gasteiger partial charge < -0.3 is 14.9 Å². The average molecular weight is 363 g/mol. The molecule has 5 heteroatoms. The van der Waals surface area contributed by atoms with Crippen LogP contribution in [0.4, 0.5) is 0 Å². The summed E-state index contributed by atoms with van der Waals surface area (Å²) in [5.41, 5.74) is 0. The predicted octanol–water partition coefficient (Wildman–Crippen LogP) is 4.17. The van der Waals surface area contributed by atoms with Crippen LogP contribution in [0.3, 0.4) is 0 Å². The van der Waals surface area contributed by atoms with E-state index in [1.54, 1.807) is 0 Å². The van der Waals surface area contributed by atoms with Crippen molar-refractivity contribution in [1.29, 1.82) is 0 Å². The highest BCUT2D eigenvalue weighted by molar-refractivity contribution is 7.99. The summed E-state index contributed by atoms with van der Waals surface area (Å²) < 4.78 is 5.30. The summed E-state index contributed by atoms with van der Waals surface area (Å²) in [6.07, 6.45) is 12.0. The van der Waals surface area contributed by atoms with Crippen molar-refractivity contribution in [1.82, 2.24) is 0 Å². The second-order valence-electron chi connectivity index (χ2n) is 6.62. The second kappa shape index (κ2) is 17.6. The van der Waals surface area contributed by atoms with Crippen molar-refractivity contribution in [3.63, 3.8) is 0 Å². The number of esters is 1. The number of hydrogen-bond acceptors (Lipinski definition) is 5. The van der Waals surface area contributed by atoms with E-state index in [0.717, 1.165) is 12.8 Å². The van der Waals surface area contributed by atoms with Crippen molar-refractivity contribution in [3.8, 4) is 0 Å². The van der Waals surface area contributed by atoms with Gasteiger partial charge in [-0.3, -0.25) is 4.79 Å². The molecule has 0 aliphatic rings. The molecule has 0 bridgehead atoms. The van der Waals surface area contributed by atoms with E-state index in [1.807, 2.05) is 6.92 Å². The van der Waals surface area contributed by atoms with Gasteiger partial charge in [0.1, 0.15) is 0 Å². The van der Waals surface area contributed by atoms with E-state index >= 15 is 0 Å². The third-order valence-electron chi connectivity index (χ3n) is 4.03. The zero-order chi connectivity index (χ0) is 18.0. The monoisotopic (exact) mass is 362 g/mol. The quantitative estimate of drug-likeness (QED) is 0.300. The largest absolute Gasteiger partial charge is 0.465 e. The molecular weight excluding hydrogens is 324 g/mol. The third kappa shape index (κ3) is 15.3. The number of ether oxygens (including phenoxy) is 1. The molecule has 0 aliphatic heterocycles. The summed E-state index contributed by atoms with van der Waals surface area (Å²) in [5.74, 6) is 0.751. The zero-order valence-corrected chi connectivity index (χ0v) is 16.5. The standard InChI is InChI=1S/C19H38O4S/c1-3-4-5-6-7-8-9-10-11-12-13-23-19(22)17(2)15-24-16-18(21)14-20/h17-18,20-21H,3-16H2,1-2H3. The third-order valence-corrected chi connectivity index (χ3v) is 5.39. The lowest BCUT2D eigenvalue weighted by Gasteiger charge is -2.12. The van der Waals surface area contributed by atoms with Crippen molar-refractivity contribution in [2.24, 2.45) is 5.92 Å². The molecule has 0 aromatic carbocycles. The molecule has 0 rings (SSSR count). The fraction of sp³-hybridized carbons (Fsp3) is 0.947. The van der Waals surface area contributed by atoms with E-state index in [-0.39, 0.29) is 18.5 Å². The van der Waals surface area contributed by atoms with Gasteiger partial charge in [-0.05, 0) is 6.42 Å². The van der Waals surface area contributed by atoms with Gasteiger partial charge in [-0.15, -0.1) is 0 Å². The molecule has 0 radical (unpaired) electrons. The maximum absolute atomic E-state index is 11.8. The van der Waals surface area contributed by atoms with Gasteiger partial charge in [-0.2, -0.15) is 11.8 Å². The first kappa shape index (κ1) is 23.7. The maximum Gasteiger partial charge on any atom is 0.309 e. The number of aliphatic hydroxyl groups is 2. The van der Waals surface area contributed by atoms with Crippen LogP contribution in [0, 0.1) is 5.92 Å². The lowest BCUT2D eigenvalue weighted by molar-refractivity contribution is -0.147. The molecule has 0 heterocycles. The number of thioether (sulfide) groups is 1. The topological polar surface area (TPSA) is 66.8 Å². The summed E-state index contributed by atoms with van der Waals surface area (Å²) in [5, 5.41) is 18.0. The van der Waals surface area contributed by atoms with Crippen LogP contribution in [0.15, 0.2) is 0 Å². The second-order valence-corrected chi connectivity index (χ2v) is 7.70. The predicted molar refractivity (Wildman–Crippen MR) is 102 cm³/mol. The van der Waals surface area contributed by atoms with E-state index in [1.165, 1.54) is 63.1 Å². The smallest absolute Gasteiger partial charge is 0.309 e. The van der Waals surface area contributed by atoms with Crippen molar-refractivity contribution in [3.05, 3.63) is 0 Å². The molecule has 144 valence electrons. The minimum atomic E-state index is -0.704. The Hall–Kier alpha value is -0.260. The van der Waals surface area contributed by atoms with Gasteiger partial charge in [-0.1, -0.05) is 71.6 Å². The maximum atomic E-state index is 11.8. The molecule has 0 saturated carbocycles. The molecule has 2 atom stereocenters. The molecule has 4 nitrogen and oxygen atoms in total. The Labute approximate surface area is 152 Å². The van der Waals surface area contributed by atoms with Crippen LogP contribution < -0.4 is 0 Å². The van der Waals surface area contributed by atoms with Crippen LogP contribution >= 0.6 is 11.8 Å². The van der Waals surface area contributed by atoms with Gasteiger partial charge in [0.2, 0.25) is 0 Å². The molecule has 0 aliphatic carbocycles. The van der Waals surface area contributed by atoms with Crippen LogP contribution in [0.1, 0.15) is 78.1 Å². The fourth-order valence-electron chi connectivity index (χ4n) is 2.41. The van der Waals surface area contributed by atoms with Gasteiger partial charge in [0.05, 0.1) is 25.2 Å². The molecule has 0 spiro atoms. The van der Waals surface area contributed by atoms with Gasteiger partial charge in [0.25, 0.3) is 0 Å². The minimum absolute atomic E-state index is 0.156. The molecule has 2 unspecified atom stereocenters. The van der Waals surface area contributed by atoms with Crippen LogP contribution in [0.2, 0.25) is 0 Å². The number of carbonyl (C=O) groups is 1. The molecule has 0 fully saturated rings. The van der Waals surface area contributed by atoms with Gasteiger partial charge >= 0.3 is 5.97 Å². The van der Waals surface area contributed by atoms with Crippen molar-refractivity contribution in [2.45, 2.75) is 84.2 Å². The Kier molecular flexibility index (Phi) is 17.4. The Balaban J connectivity index is 3.36. The normalized spacial score (nSPS) is 13.7. The Morgan fingerprint density at radius 3 is 2.04 bits per heavy atom. The van der Waals surface area contributed by atoms with E-state index < -0.39 is 6.10 Å². The highest BCUT2D eigenvalue weighted by Crippen LogP contribution is 2.13. The Morgan fingerprint density at radius 2 is 1.50 bits per heavy atom. The average Bonchev–Trinajstić information content (AvgIpc) is 2.59. The van der Waals surface area contributed by atoms with Crippen LogP contribution in [-0.4, -0.2) is 47.0 Å². The molecule has 2 N–H and O–H groups in total. The number of hydrogen-bond donors (Lipinski definition) is 2. The van der Waals surface area contributed by atoms with Crippen LogP contribution in [0.25, 0.3) is 0 Å². The van der Waals surface area contributed by atoms with Crippen LogP contribution in [-0.2, 0) is 9.53 Å². The Morgan fingerprint density at radius 1 is 0.958 bits per heavy atom. The molecule has 0 aromatic heterocycles. The van der Waals surface area contributed by atoms with E-state index in [2.05, 4.69) is 6.92 Å². The van der Waals surface area contributed by atoms with Gasteiger partial charge in [-0.25, -0.2) is 0 Å². The number of unbranched alkanes of at least 4 members (excludes halogenated alkanes) is 9. The molecule has 24 heavy (non-hydrogen) atoms. The van der Waals surface area contributed by atoms with E-state index in [9.17, 15) is 9.90 Å². The molecule has 0 saturated heterocycles. The lowest BCUT2D eigenvalue weighted by Crippen LogP contribution is -2.20. The van der Waals surface area contributed by atoms with E-state index in [4.69, 9.17) is 9.84 Å².